The number of carbonyl (C=O) groups excluding carboxylic acids is 3. The third-order valence-electron chi connectivity index (χ3n) is 7.20. The Hall–Kier alpha value is -3.24. The van der Waals surface area contributed by atoms with Crippen LogP contribution in [0.3, 0.4) is 0 Å². The highest BCUT2D eigenvalue weighted by atomic mass is 19.1. The summed E-state index contributed by atoms with van der Waals surface area (Å²) in [7, 11) is 0. The van der Waals surface area contributed by atoms with Gasteiger partial charge in [-0.15, -0.1) is 0 Å². The van der Waals surface area contributed by atoms with Gasteiger partial charge in [-0.2, -0.15) is 0 Å². The molecular weight excluding hydrogens is 435 g/mol. The number of allylic oxidation sites excluding steroid dienone is 1. The summed E-state index contributed by atoms with van der Waals surface area (Å²) in [6, 6.07) is 0.990. The van der Waals surface area contributed by atoms with E-state index in [0.29, 0.717) is 13.1 Å². The van der Waals surface area contributed by atoms with Crippen LogP contribution in [0.2, 0.25) is 0 Å². The van der Waals surface area contributed by atoms with Crippen LogP contribution < -0.4 is 5.73 Å². The second-order valence-corrected chi connectivity index (χ2v) is 8.64. The van der Waals surface area contributed by atoms with Crippen LogP contribution in [0.4, 0.5) is 4.39 Å². The monoisotopic (exact) mass is 460 g/mol. The van der Waals surface area contributed by atoms with E-state index in [1.807, 2.05) is 0 Å². The summed E-state index contributed by atoms with van der Waals surface area (Å²) < 4.78 is 14.5. The summed E-state index contributed by atoms with van der Waals surface area (Å²) in [5, 5.41) is 43.8. The lowest BCUT2D eigenvalue weighted by Gasteiger charge is -2.51. The maximum absolute atomic E-state index is 14.5. The Kier molecular flexibility index (Phi) is 5.33. The van der Waals surface area contributed by atoms with Crippen molar-refractivity contribution >= 4 is 17.5 Å². The summed E-state index contributed by atoms with van der Waals surface area (Å²) in [6.45, 7) is 4.28. The smallest absolute Gasteiger partial charge is 0.255 e. The van der Waals surface area contributed by atoms with E-state index in [1.165, 1.54) is 0 Å². The van der Waals surface area contributed by atoms with Crippen LogP contribution in [0, 0.1) is 17.7 Å². The molecular formula is C23H25FN2O7. The second kappa shape index (κ2) is 7.67. The van der Waals surface area contributed by atoms with Gasteiger partial charge in [0.05, 0.1) is 11.6 Å². The Bertz CT molecular complexity index is 1150. The number of primary amides is 1. The number of likely N-dealkylation sites (N-methyl/N-ethyl adjacent to an activating group) is 1. The van der Waals surface area contributed by atoms with E-state index in [2.05, 4.69) is 0 Å². The zero-order valence-corrected chi connectivity index (χ0v) is 18.1. The summed E-state index contributed by atoms with van der Waals surface area (Å²) in [5.74, 6) is -8.17. The molecule has 9 nitrogen and oxygen atoms in total. The number of hydrogen-bond acceptors (Lipinski definition) is 8. The van der Waals surface area contributed by atoms with E-state index < -0.39 is 69.6 Å². The summed E-state index contributed by atoms with van der Waals surface area (Å²) in [6.07, 6.45) is -0.140. The Balaban J connectivity index is 1.98. The number of fused-ring (bicyclic) bond motifs is 3. The van der Waals surface area contributed by atoms with Gasteiger partial charge in [0.15, 0.2) is 11.4 Å². The first-order valence-electron chi connectivity index (χ1n) is 10.7. The molecule has 3 aliphatic rings. The predicted octanol–water partition coefficient (Wildman–Crippen LogP) is 1.04. The Morgan fingerprint density at radius 1 is 1.21 bits per heavy atom. The van der Waals surface area contributed by atoms with E-state index in [-0.39, 0.29) is 29.5 Å². The second-order valence-electron chi connectivity index (χ2n) is 8.64. The molecule has 10 heteroatoms. The van der Waals surface area contributed by atoms with Crippen molar-refractivity contribution < 1.29 is 39.2 Å². The number of carbonyl (C=O) groups is 3. The van der Waals surface area contributed by atoms with Gasteiger partial charge in [0.2, 0.25) is 5.78 Å². The molecule has 0 aliphatic heterocycles. The number of phenols is 1. The molecule has 0 fully saturated rings. The Morgan fingerprint density at radius 2 is 1.85 bits per heavy atom. The predicted molar refractivity (Wildman–Crippen MR) is 113 cm³/mol. The van der Waals surface area contributed by atoms with E-state index in [9.17, 15) is 39.2 Å². The lowest BCUT2D eigenvalue weighted by molar-refractivity contribution is -0.149. The van der Waals surface area contributed by atoms with Crippen LogP contribution >= 0.6 is 0 Å². The molecule has 1 aromatic carbocycles. The number of hydrogen-bond donors (Lipinski definition) is 5. The number of Topliss-reactive ketones (excluding diaryl/α,β-unsaturated/α-hetero) is 2. The van der Waals surface area contributed by atoms with Gasteiger partial charge < -0.3 is 26.2 Å². The van der Waals surface area contributed by atoms with E-state index >= 15 is 0 Å². The number of nitrogens with zero attached hydrogens (tertiary/aromatic N) is 1. The average Bonchev–Trinajstić information content (AvgIpc) is 2.75. The number of rotatable bonds is 4. The normalized spacial score (nSPS) is 29.2. The first-order valence-corrected chi connectivity index (χ1v) is 10.7. The third-order valence-corrected chi connectivity index (χ3v) is 7.20. The largest absolute Gasteiger partial charge is 0.510 e. The highest BCUT2D eigenvalue weighted by Crippen LogP contribution is 2.52. The molecule has 0 spiro atoms. The number of amides is 1. The lowest BCUT2D eigenvalue weighted by atomic mass is 9.58. The highest BCUT2D eigenvalue weighted by Gasteiger charge is 2.63. The maximum atomic E-state index is 14.5. The Labute approximate surface area is 188 Å². The number of aromatic hydroxyl groups is 1. The van der Waals surface area contributed by atoms with Gasteiger partial charge in [-0.1, -0.05) is 13.8 Å². The molecule has 0 unspecified atom stereocenters. The molecule has 0 saturated heterocycles. The molecule has 0 saturated carbocycles. The average molecular weight is 460 g/mol. The number of aliphatic hydroxyl groups is 3. The molecule has 176 valence electrons. The van der Waals surface area contributed by atoms with E-state index in [4.69, 9.17) is 5.73 Å². The number of halogens is 1. The van der Waals surface area contributed by atoms with Crippen LogP contribution in [-0.4, -0.2) is 67.5 Å². The lowest BCUT2D eigenvalue weighted by Crippen LogP contribution is -2.64. The van der Waals surface area contributed by atoms with Gasteiger partial charge in [0, 0.05) is 17.1 Å². The quantitative estimate of drug-likeness (QED) is 0.417. The van der Waals surface area contributed by atoms with Crippen LogP contribution in [0.1, 0.15) is 36.2 Å². The molecule has 4 atom stereocenters. The van der Waals surface area contributed by atoms with Crippen molar-refractivity contribution in [2.75, 3.05) is 13.1 Å². The zero-order chi connectivity index (χ0) is 24.4. The fourth-order valence-corrected chi connectivity index (χ4v) is 5.65. The van der Waals surface area contributed by atoms with Gasteiger partial charge in [0.1, 0.15) is 28.7 Å². The van der Waals surface area contributed by atoms with E-state index in [1.54, 1.807) is 18.7 Å². The molecule has 0 radical (unpaired) electrons. The summed E-state index contributed by atoms with van der Waals surface area (Å²) in [5.41, 5.74) is 1.11. The van der Waals surface area contributed by atoms with Crippen molar-refractivity contribution in [2.45, 2.75) is 38.3 Å². The van der Waals surface area contributed by atoms with Crippen molar-refractivity contribution in [3.8, 4) is 5.75 Å². The number of aliphatic hydroxyl groups excluding tert-OH is 2. The van der Waals surface area contributed by atoms with Crippen LogP contribution in [0.15, 0.2) is 34.8 Å². The molecule has 0 heterocycles. The van der Waals surface area contributed by atoms with Gasteiger partial charge >= 0.3 is 0 Å². The van der Waals surface area contributed by atoms with Crippen LogP contribution in [-0.2, 0) is 16.0 Å². The van der Waals surface area contributed by atoms with Crippen molar-refractivity contribution in [1.29, 1.82) is 0 Å². The van der Waals surface area contributed by atoms with Gasteiger partial charge in [-0.05, 0) is 44.0 Å². The zero-order valence-electron chi connectivity index (χ0n) is 18.1. The van der Waals surface area contributed by atoms with Gasteiger partial charge in [-0.25, -0.2) is 4.39 Å². The molecule has 33 heavy (non-hydrogen) atoms. The van der Waals surface area contributed by atoms with Crippen LogP contribution in [0.25, 0.3) is 0 Å². The molecule has 1 aromatic rings. The van der Waals surface area contributed by atoms with Crippen LogP contribution in [0.5, 0.6) is 5.75 Å². The minimum absolute atomic E-state index is 0.0221. The SMILES string of the molecule is CCN(CC)[C@@H]1C(O)=C(C(N)=O)C(=O)[C@@]2(O)C(O)=C3C(=O)c4c(O)ccc(F)c4C[C@H]3C[C@@H]12. The number of ketones is 2. The van der Waals surface area contributed by atoms with Crippen molar-refractivity contribution in [1.82, 2.24) is 4.90 Å². The van der Waals surface area contributed by atoms with E-state index in [0.717, 1.165) is 12.1 Å². The summed E-state index contributed by atoms with van der Waals surface area (Å²) >= 11 is 0. The van der Waals surface area contributed by atoms with Crippen molar-refractivity contribution in [3.05, 3.63) is 51.7 Å². The number of phenolic OH excluding ortho intramolecular Hbond substituents is 1. The summed E-state index contributed by atoms with van der Waals surface area (Å²) in [4.78, 5) is 40.2. The minimum atomic E-state index is -2.70. The highest BCUT2D eigenvalue weighted by molar-refractivity contribution is 6.24. The molecule has 0 bridgehead atoms. The Morgan fingerprint density at radius 3 is 2.42 bits per heavy atom. The van der Waals surface area contributed by atoms with Gasteiger partial charge in [-0.3, -0.25) is 19.3 Å². The van der Waals surface area contributed by atoms with Crippen molar-refractivity contribution in [3.63, 3.8) is 0 Å². The maximum Gasteiger partial charge on any atom is 0.255 e. The first-order chi connectivity index (χ1) is 15.5. The molecule has 6 N–H and O–H groups in total. The molecule has 4 rings (SSSR count). The fraction of sp³-hybridized carbons (Fsp3) is 0.435. The number of nitrogens with two attached hydrogens (primary N) is 1. The topological polar surface area (TPSA) is 161 Å². The molecule has 3 aliphatic carbocycles. The first kappa shape index (κ1) is 22.9. The molecule has 1 amide bonds. The molecule has 0 aromatic heterocycles. The number of benzene rings is 1. The fourth-order valence-electron chi connectivity index (χ4n) is 5.65. The third kappa shape index (κ3) is 2.94. The van der Waals surface area contributed by atoms with Gasteiger partial charge in [0.25, 0.3) is 5.91 Å². The van der Waals surface area contributed by atoms with Crippen molar-refractivity contribution in [2.24, 2.45) is 17.6 Å². The standard InChI is InChI=1S/C23H25FN2O7/c1-3-26(4-2)17-11-8-9-7-10-12(24)5-6-13(27)15(10)18(28)14(9)20(30)23(11,33)21(31)16(19(17)29)22(25)32/h5-6,9,11,17,27,29-30,33H,3-4,7-8H2,1-2H3,(H2,25,32)/t9-,11-,17-,23-/m0/s1. The minimum Gasteiger partial charge on any atom is -0.510 e.